The first-order valence-electron chi connectivity index (χ1n) is 7.40. The Labute approximate surface area is 154 Å². The Balaban J connectivity index is 1.80. The van der Waals surface area contributed by atoms with Gasteiger partial charge < -0.3 is 0 Å². The molecule has 1 aromatic heterocycles. The molecular weight excluding hydrogens is 374 g/mol. The van der Waals surface area contributed by atoms with Crippen LogP contribution in [0.15, 0.2) is 87.6 Å². The summed E-state index contributed by atoms with van der Waals surface area (Å²) in [7, 11) is -3.76. The van der Waals surface area contributed by atoms with Crippen LogP contribution in [0.1, 0.15) is 0 Å². The average Bonchev–Trinajstić information content (AvgIpc) is 2.63. The molecule has 0 spiro atoms. The summed E-state index contributed by atoms with van der Waals surface area (Å²) in [5.41, 5.74) is 0.00485. The lowest BCUT2D eigenvalue weighted by atomic mass is 10.3. The van der Waals surface area contributed by atoms with Gasteiger partial charge in [-0.3, -0.25) is 14.8 Å². The Morgan fingerprint density at radius 1 is 0.962 bits per heavy atom. The molecule has 0 atom stereocenters. The molecule has 0 fully saturated rings. The molecule has 9 heteroatoms. The molecule has 132 valence electrons. The second-order valence-corrected chi connectivity index (χ2v) is 7.98. The van der Waals surface area contributed by atoms with Crippen molar-refractivity contribution < 1.29 is 13.3 Å². The molecule has 0 saturated heterocycles. The summed E-state index contributed by atoms with van der Waals surface area (Å²) >= 11 is 1.31. The first kappa shape index (κ1) is 17.9. The summed E-state index contributed by atoms with van der Waals surface area (Å²) in [6, 6.07) is 17.4. The molecule has 0 unspecified atom stereocenters. The van der Waals surface area contributed by atoms with Gasteiger partial charge >= 0.3 is 0 Å². The summed E-state index contributed by atoms with van der Waals surface area (Å²) in [6.45, 7) is 0. The number of anilines is 1. The van der Waals surface area contributed by atoms with E-state index in [-0.39, 0.29) is 16.4 Å². The Morgan fingerprint density at radius 2 is 1.73 bits per heavy atom. The van der Waals surface area contributed by atoms with Gasteiger partial charge in [0.15, 0.2) is 0 Å². The number of pyridine rings is 1. The number of non-ortho nitro benzene ring substituents is 1. The Morgan fingerprint density at radius 3 is 2.38 bits per heavy atom. The molecule has 1 heterocycles. The minimum atomic E-state index is -3.76. The van der Waals surface area contributed by atoms with Gasteiger partial charge in [0.2, 0.25) is 0 Å². The zero-order valence-electron chi connectivity index (χ0n) is 13.3. The molecule has 0 radical (unpaired) electrons. The summed E-state index contributed by atoms with van der Waals surface area (Å²) in [5, 5.41) is 10.7. The van der Waals surface area contributed by atoms with E-state index in [1.165, 1.54) is 42.2 Å². The topological polar surface area (TPSA) is 102 Å². The van der Waals surface area contributed by atoms with Gasteiger partial charge in [-0.15, -0.1) is 0 Å². The van der Waals surface area contributed by atoms with Gasteiger partial charge in [0.25, 0.3) is 15.7 Å². The number of hydrogen-bond acceptors (Lipinski definition) is 6. The molecule has 0 saturated carbocycles. The van der Waals surface area contributed by atoms with E-state index in [2.05, 4.69) is 9.71 Å². The molecule has 0 aliphatic carbocycles. The van der Waals surface area contributed by atoms with Gasteiger partial charge in [-0.25, -0.2) is 13.4 Å². The predicted octanol–water partition coefficient (Wildman–Crippen LogP) is 3.94. The number of nitro benzene ring substituents is 1. The second-order valence-electron chi connectivity index (χ2n) is 5.15. The maximum absolute atomic E-state index is 12.5. The summed E-state index contributed by atoms with van der Waals surface area (Å²) in [5.74, 6) is 0.237. The van der Waals surface area contributed by atoms with Crippen molar-refractivity contribution in [3.8, 4) is 0 Å². The molecule has 0 bridgehead atoms. The quantitative estimate of drug-likeness (QED) is 0.508. The summed E-state index contributed by atoms with van der Waals surface area (Å²) in [6.07, 6.45) is 1.50. The number of hydrogen-bond donors (Lipinski definition) is 1. The molecule has 0 aliphatic heterocycles. The predicted molar refractivity (Wildman–Crippen MR) is 98.7 cm³/mol. The number of nitrogens with zero attached hydrogens (tertiary/aromatic N) is 2. The molecule has 26 heavy (non-hydrogen) atoms. The van der Waals surface area contributed by atoms with Crippen molar-refractivity contribution in [2.45, 2.75) is 14.7 Å². The SMILES string of the molecule is O=[N+]([O-])c1ccc(Sc2cccc(S(=O)(=O)Nc3ccccn3)c2)cc1. The number of rotatable bonds is 6. The lowest BCUT2D eigenvalue weighted by Gasteiger charge is -2.08. The fourth-order valence-electron chi connectivity index (χ4n) is 2.10. The van der Waals surface area contributed by atoms with E-state index in [9.17, 15) is 18.5 Å². The number of nitro groups is 1. The zero-order valence-corrected chi connectivity index (χ0v) is 14.9. The van der Waals surface area contributed by atoms with Gasteiger partial charge in [0.05, 0.1) is 9.82 Å². The minimum Gasteiger partial charge on any atom is -0.263 e. The smallest absolute Gasteiger partial charge is 0.263 e. The number of nitrogens with one attached hydrogen (secondary N) is 1. The first-order valence-corrected chi connectivity index (χ1v) is 9.70. The number of sulfonamides is 1. The van der Waals surface area contributed by atoms with Crippen LogP contribution in [0.25, 0.3) is 0 Å². The molecule has 0 aliphatic rings. The van der Waals surface area contributed by atoms with Crippen LogP contribution < -0.4 is 4.72 Å². The molecule has 2 aromatic carbocycles. The van der Waals surface area contributed by atoms with E-state index in [1.807, 2.05) is 0 Å². The maximum Gasteiger partial charge on any atom is 0.269 e. The van der Waals surface area contributed by atoms with E-state index in [4.69, 9.17) is 0 Å². The van der Waals surface area contributed by atoms with Crippen molar-refractivity contribution in [2.24, 2.45) is 0 Å². The largest absolute Gasteiger partial charge is 0.269 e. The van der Waals surface area contributed by atoms with Gasteiger partial charge in [-0.05, 0) is 42.5 Å². The van der Waals surface area contributed by atoms with E-state index in [0.717, 1.165) is 4.90 Å². The molecule has 7 nitrogen and oxygen atoms in total. The molecule has 0 amide bonds. The minimum absolute atomic E-state index is 0.00485. The standard InChI is InChI=1S/C17H13N3O4S2/c21-20(22)13-7-9-14(10-8-13)25-15-4-3-5-16(12-15)26(23,24)19-17-6-1-2-11-18-17/h1-12H,(H,18,19). The van der Waals surface area contributed by atoms with Crippen molar-refractivity contribution in [3.63, 3.8) is 0 Å². The fraction of sp³-hybridized carbons (Fsp3) is 0. The van der Waals surface area contributed by atoms with E-state index in [0.29, 0.717) is 4.90 Å². The van der Waals surface area contributed by atoms with Crippen LogP contribution in [0.2, 0.25) is 0 Å². The van der Waals surface area contributed by atoms with Crippen LogP contribution >= 0.6 is 11.8 Å². The Hall–Kier alpha value is -2.91. The lowest BCUT2D eigenvalue weighted by molar-refractivity contribution is -0.384. The normalized spacial score (nSPS) is 11.1. The highest BCUT2D eigenvalue weighted by atomic mass is 32.2. The van der Waals surface area contributed by atoms with Crippen molar-refractivity contribution in [3.05, 3.63) is 83.0 Å². The highest BCUT2D eigenvalue weighted by Gasteiger charge is 2.15. The molecule has 1 N–H and O–H groups in total. The van der Waals surface area contributed by atoms with Crippen LogP contribution in [0.5, 0.6) is 0 Å². The lowest BCUT2D eigenvalue weighted by Crippen LogP contribution is -2.13. The zero-order chi connectivity index (χ0) is 18.6. The van der Waals surface area contributed by atoms with Gasteiger partial charge in [-0.1, -0.05) is 23.9 Å². The van der Waals surface area contributed by atoms with Crippen LogP contribution in [-0.4, -0.2) is 18.3 Å². The van der Waals surface area contributed by atoms with Crippen molar-refractivity contribution in [1.29, 1.82) is 0 Å². The maximum atomic E-state index is 12.5. The third kappa shape index (κ3) is 4.38. The van der Waals surface area contributed by atoms with E-state index >= 15 is 0 Å². The molecule has 3 aromatic rings. The third-order valence-electron chi connectivity index (χ3n) is 3.30. The number of aromatic nitrogens is 1. The Kier molecular flexibility index (Phi) is 5.19. The number of benzene rings is 2. The highest BCUT2D eigenvalue weighted by Crippen LogP contribution is 2.30. The average molecular weight is 387 g/mol. The fourth-order valence-corrected chi connectivity index (χ4v) is 4.10. The summed E-state index contributed by atoms with van der Waals surface area (Å²) < 4.78 is 27.4. The van der Waals surface area contributed by atoms with Gasteiger partial charge in [0, 0.05) is 28.1 Å². The van der Waals surface area contributed by atoms with Crippen molar-refractivity contribution in [1.82, 2.24) is 4.98 Å². The van der Waals surface area contributed by atoms with Crippen LogP contribution in [0.3, 0.4) is 0 Å². The highest BCUT2D eigenvalue weighted by molar-refractivity contribution is 7.99. The molecular formula is C17H13N3O4S2. The first-order chi connectivity index (χ1) is 12.4. The van der Waals surface area contributed by atoms with Crippen molar-refractivity contribution >= 4 is 33.3 Å². The Bertz CT molecular complexity index is 1020. The van der Waals surface area contributed by atoms with E-state index in [1.54, 1.807) is 42.5 Å². The second kappa shape index (κ2) is 7.54. The van der Waals surface area contributed by atoms with Crippen LogP contribution in [0, 0.1) is 10.1 Å². The van der Waals surface area contributed by atoms with Crippen LogP contribution in [-0.2, 0) is 10.0 Å². The third-order valence-corrected chi connectivity index (χ3v) is 5.65. The van der Waals surface area contributed by atoms with Crippen LogP contribution in [0.4, 0.5) is 11.5 Å². The van der Waals surface area contributed by atoms with Crippen molar-refractivity contribution in [2.75, 3.05) is 4.72 Å². The van der Waals surface area contributed by atoms with Gasteiger partial charge in [0.1, 0.15) is 5.82 Å². The monoisotopic (exact) mass is 387 g/mol. The summed E-state index contributed by atoms with van der Waals surface area (Å²) in [4.78, 5) is 15.7. The van der Waals surface area contributed by atoms with E-state index < -0.39 is 14.9 Å². The van der Waals surface area contributed by atoms with Gasteiger partial charge in [-0.2, -0.15) is 0 Å². The molecule has 3 rings (SSSR count).